The first kappa shape index (κ1) is 18.6. The van der Waals surface area contributed by atoms with Gasteiger partial charge in [-0.3, -0.25) is 4.90 Å². The summed E-state index contributed by atoms with van der Waals surface area (Å²) in [6, 6.07) is 14.6. The van der Waals surface area contributed by atoms with Gasteiger partial charge in [0, 0.05) is 25.3 Å². The van der Waals surface area contributed by atoms with Crippen LogP contribution in [0.2, 0.25) is 0 Å². The summed E-state index contributed by atoms with van der Waals surface area (Å²) >= 11 is 0. The number of nitrogen functional groups attached to an aromatic ring is 1. The maximum absolute atomic E-state index is 6.16. The van der Waals surface area contributed by atoms with Crippen molar-refractivity contribution < 1.29 is 4.74 Å². The molecular formula is C20H27ClN2O. The molecule has 0 radical (unpaired) electrons. The average molecular weight is 347 g/mol. The van der Waals surface area contributed by atoms with Gasteiger partial charge in [-0.25, -0.2) is 0 Å². The summed E-state index contributed by atoms with van der Waals surface area (Å²) in [6.07, 6.45) is 2.49. The number of rotatable bonds is 4. The maximum atomic E-state index is 6.16. The van der Waals surface area contributed by atoms with E-state index in [9.17, 15) is 0 Å². The van der Waals surface area contributed by atoms with Crippen LogP contribution in [0.3, 0.4) is 0 Å². The van der Waals surface area contributed by atoms with Gasteiger partial charge in [-0.1, -0.05) is 18.2 Å². The lowest BCUT2D eigenvalue weighted by Gasteiger charge is -2.32. The number of halogens is 1. The first-order valence-corrected chi connectivity index (χ1v) is 8.41. The molecule has 2 N–H and O–H groups in total. The number of hydrogen-bond acceptors (Lipinski definition) is 3. The fraction of sp³-hybridized carbons (Fsp3) is 0.400. The number of ether oxygens (including phenoxy) is 1. The molecule has 0 amide bonds. The largest absolute Gasteiger partial charge is 0.490 e. The van der Waals surface area contributed by atoms with E-state index in [4.69, 9.17) is 10.5 Å². The van der Waals surface area contributed by atoms with E-state index < -0.39 is 0 Å². The molecule has 1 aliphatic heterocycles. The summed E-state index contributed by atoms with van der Waals surface area (Å²) in [5.74, 6) is 1.00. The quantitative estimate of drug-likeness (QED) is 0.836. The first-order chi connectivity index (χ1) is 11.1. The minimum atomic E-state index is 0. The van der Waals surface area contributed by atoms with Crippen molar-refractivity contribution in [2.75, 3.05) is 18.8 Å². The van der Waals surface area contributed by atoms with E-state index in [1.165, 1.54) is 16.7 Å². The number of hydrogen-bond donors (Lipinski definition) is 1. The standard InChI is InChI=1S/C20H26N2O.ClH/c1-15-6-7-20(12-16(15)2)23-19-8-10-22(11-9-19)14-17-4-3-5-18(21)13-17;/h3-7,12-13,19H,8-11,14,21H2,1-2H3;1H. The molecule has 1 fully saturated rings. The Labute approximate surface area is 151 Å². The molecule has 0 bridgehead atoms. The molecule has 0 atom stereocenters. The van der Waals surface area contributed by atoms with Crippen LogP contribution in [0.5, 0.6) is 5.75 Å². The SMILES string of the molecule is Cc1ccc(OC2CCN(Cc3cccc(N)c3)CC2)cc1C.Cl. The zero-order valence-electron chi connectivity index (χ0n) is 14.5. The van der Waals surface area contributed by atoms with E-state index >= 15 is 0 Å². The molecule has 4 heteroatoms. The molecule has 0 spiro atoms. The number of likely N-dealkylation sites (tertiary alicyclic amines) is 1. The van der Waals surface area contributed by atoms with Crippen LogP contribution in [0, 0.1) is 13.8 Å². The van der Waals surface area contributed by atoms with Crippen LogP contribution < -0.4 is 10.5 Å². The molecule has 1 aliphatic rings. The van der Waals surface area contributed by atoms with Crippen molar-refractivity contribution in [3.63, 3.8) is 0 Å². The number of nitrogens with zero attached hydrogens (tertiary/aromatic N) is 1. The van der Waals surface area contributed by atoms with Gasteiger partial charge in [-0.05, 0) is 67.6 Å². The van der Waals surface area contributed by atoms with Crippen LogP contribution >= 0.6 is 12.4 Å². The molecule has 0 aliphatic carbocycles. The number of anilines is 1. The molecule has 0 aromatic heterocycles. The van der Waals surface area contributed by atoms with Crippen molar-refractivity contribution in [3.05, 3.63) is 59.2 Å². The fourth-order valence-corrected chi connectivity index (χ4v) is 3.11. The van der Waals surface area contributed by atoms with Gasteiger partial charge in [0.05, 0.1) is 0 Å². The highest BCUT2D eigenvalue weighted by Gasteiger charge is 2.20. The van der Waals surface area contributed by atoms with Crippen LogP contribution in [0.4, 0.5) is 5.69 Å². The normalized spacial score (nSPS) is 15.8. The molecule has 0 saturated carbocycles. The Morgan fingerprint density at radius 2 is 1.79 bits per heavy atom. The summed E-state index contributed by atoms with van der Waals surface area (Å²) in [6.45, 7) is 7.39. The van der Waals surface area contributed by atoms with Crippen molar-refractivity contribution in [1.29, 1.82) is 0 Å². The average Bonchev–Trinajstić information content (AvgIpc) is 2.53. The third-order valence-electron chi connectivity index (χ3n) is 4.67. The lowest BCUT2D eigenvalue weighted by molar-refractivity contribution is 0.0967. The van der Waals surface area contributed by atoms with E-state index in [1.54, 1.807) is 0 Å². The summed E-state index contributed by atoms with van der Waals surface area (Å²) in [4.78, 5) is 2.48. The summed E-state index contributed by atoms with van der Waals surface area (Å²) in [5, 5.41) is 0. The van der Waals surface area contributed by atoms with Crippen molar-refractivity contribution in [3.8, 4) is 5.75 Å². The number of nitrogens with two attached hydrogens (primary N) is 1. The van der Waals surface area contributed by atoms with Crippen molar-refractivity contribution in [2.24, 2.45) is 0 Å². The molecule has 3 rings (SSSR count). The van der Waals surface area contributed by atoms with E-state index in [0.717, 1.165) is 43.9 Å². The van der Waals surface area contributed by atoms with Gasteiger partial charge in [-0.15, -0.1) is 12.4 Å². The Morgan fingerprint density at radius 3 is 2.46 bits per heavy atom. The second kappa shape index (κ2) is 8.41. The molecule has 3 nitrogen and oxygen atoms in total. The predicted octanol–water partition coefficient (Wildman–Crippen LogP) is 4.35. The van der Waals surface area contributed by atoms with Gasteiger partial charge in [0.1, 0.15) is 11.9 Å². The third-order valence-corrected chi connectivity index (χ3v) is 4.67. The zero-order chi connectivity index (χ0) is 16.2. The van der Waals surface area contributed by atoms with Gasteiger partial charge >= 0.3 is 0 Å². The van der Waals surface area contributed by atoms with E-state index in [2.05, 4.69) is 49.1 Å². The van der Waals surface area contributed by atoms with Crippen LogP contribution in [0.15, 0.2) is 42.5 Å². The maximum Gasteiger partial charge on any atom is 0.120 e. The van der Waals surface area contributed by atoms with Gasteiger partial charge < -0.3 is 10.5 Å². The highest BCUT2D eigenvalue weighted by Crippen LogP contribution is 2.22. The highest BCUT2D eigenvalue weighted by atomic mass is 35.5. The smallest absolute Gasteiger partial charge is 0.120 e. The summed E-state index contributed by atoms with van der Waals surface area (Å²) < 4.78 is 6.16. The molecule has 130 valence electrons. The zero-order valence-corrected chi connectivity index (χ0v) is 15.3. The predicted molar refractivity (Wildman–Crippen MR) is 103 cm³/mol. The molecular weight excluding hydrogens is 320 g/mol. The Hall–Kier alpha value is -1.71. The molecule has 1 saturated heterocycles. The molecule has 24 heavy (non-hydrogen) atoms. The monoisotopic (exact) mass is 346 g/mol. The Bertz CT molecular complexity index is 666. The van der Waals surface area contributed by atoms with E-state index in [1.807, 2.05) is 12.1 Å². The highest BCUT2D eigenvalue weighted by molar-refractivity contribution is 5.85. The first-order valence-electron chi connectivity index (χ1n) is 8.41. The van der Waals surface area contributed by atoms with Crippen LogP contribution in [-0.4, -0.2) is 24.1 Å². The topological polar surface area (TPSA) is 38.5 Å². The van der Waals surface area contributed by atoms with E-state index in [0.29, 0.717) is 6.10 Å². The van der Waals surface area contributed by atoms with Crippen molar-refractivity contribution in [2.45, 2.75) is 39.3 Å². The van der Waals surface area contributed by atoms with Gasteiger partial charge in [0.15, 0.2) is 0 Å². The molecule has 2 aromatic rings. The van der Waals surface area contributed by atoms with Gasteiger partial charge in [0.2, 0.25) is 0 Å². The van der Waals surface area contributed by atoms with Crippen LogP contribution in [-0.2, 0) is 6.54 Å². The van der Waals surface area contributed by atoms with Gasteiger partial charge in [0.25, 0.3) is 0 Å². The lowest BCUT2D eigenvalue weighted by Crippen LogP contribution is -2.37. The fourth-order valence-electron chi connectivity index (χ4n) is 3.11. The number of benzene rings is 2. The molecule has 0 unspecified atom stereocenters. The van der Waals surface area contributed by atoms with Crippen LogP contribution in [0.25, 0.3) is 0 Å². The van der Waals surface area contributed by atoms with Crippen molar-refractivity contribution in [1.82, 2.24) is 4.90 Å². The van der Waals surface area contributed by atoms with E-state index in [-0.39, 0.29) is 12.4 Å². The minimum Gasteiger partial charge on any atom is -0.490 e. The number of piperidine rings is 1. The summed E-state index contributed by atoms with van der Waals surface area (Å²) in [7, 11) is 0. The van der Waals surface area contributed by atoms with Crippen LogP contribution in [0.1, 0.15) is 29.5 Å². The molecule has 1 heterocycles. The Kier molecular flexibility index (Phi) is 6.52. The number of aryl methyl sites for hydroxylation is 2. The third kappa shape index (κ3) is 4.89. The second-order valence-corrected chi connectivity index (χ2v) is 6.58. The Balaban J connectivity index is 0.00000208. The van der Waals surface area contributed by atoms with Crippen molar-refractivity contribution >= 4 is 18.1 Å². The minimum absolute atomic E-state index is 0. The lowest BCUT2D eigenvalue weighted by atomic mass is 10.1. The molecule has 2 aromatic carbocycles. The second-order valence-electron chi connectivity index (χ2n) is 6.58. The summed E-state index contributed by atoms with van der Waals surface area (Å²) in [5.41, 5.74) is 10.6. The van der Waals surface area contributed by atoms with Gasteiger partial charge in [-0.2, -0.15) is 0 Å². The Morgan fingerprint density at radius 1 is 1.04 bits per heavy atom.